The maximum absolute atomic E-state index is 11.4. The van der Waals surface area contributed by atoms with Gasteiger partial charge in [0.1, 0.15) is 11.5 Å². The van der Waals surface area contributed by atoms with Crippen LogP contribution in [0.1, 0.15) is 25.8 Å². The highest BCUT2D eigenvalue weighted by molar-refractivity contribution is 5.89. The van der Waals surface area contributed by atoms with Crippen LogP contribution in [0.15, 0.2) is 30.3 Å². The third-order valence-corrected chi connectivity index (χ3v) is 3.52. The maximum atomic E-state index is 11.4. The molecule has 2 rings (SSSR count). The van der Waals surface area contributed by atoms with Crippen molar-refractivity contribution in [3.05, 3.63) is 35.9 Å². The highest BCUT2D eigenvalue weighted by atomic mass is 16.5. The van der Waals surface area contributed by atoms with Crippen LogP contribution in [-0.4, -0.2) is 25.5 Å². The second-order valence-corrected chi connectivity index (χ2v) is 5.22. The van der Waals surface area contributed by atoms with Crippen molar-refractivity contribution in [1.29, 1.82) is 0 Å². The van der Waals surface area contributed by atoms with E-state index in [1.54, 1.807) is 7.11 Å². The van der Waals surface area contributed by atoms with Gasteiger partial charge in [-0.1, -0.05) is 13.0 Å². The van der Waals surface area contributed by atoms with E-state index in [4.69, 9.17) is 9.47 Å². The van der Waals surface area contributed by atoms with Crippen LogP contribution >= 0.6 is 0 Å². The molecule has 1 N–H and O–H groups in total. The number of methoxy groups -OCH3 is 1. The number of amides is 1. The standard InChI is InChI=1S/C18H21NO4/c1-4-18(21)19-8-7-14-10-16(23-12(2)20)9-13-5-6-15(22-3)11-17(13)14/h5-6,9-11H,4,7-8H2,1-3H3,(H,19,21). The third kappa shape index (κ3) is 4.45. The first-order chi connectivity index (χ1) is 11.0. The van der Waals surface area contributed by atoms with Crippen molar-refractivity contribution in [3.8, 4) is 11.5 Å². The second-order valence-electron chi connectivity index (χ2n) is 5.22. The number of benzene rings is 2. The molecule has 5 nitrogen and oxygen atoms in total. The summed E-state index contributed by atoms with van der Waals surface area (Å²) in [6.07, 6.45) is 1.10. The number of rotatable bonds is 6. The molecular weight excluding hydrogens is 294 g/mol. The minimum atomic E-state index is -0.358. The van der Waals surface area contributed by atoms with Crippen molar-refractivity contribution in [2.45, 2.75) is 26.7 Å². The zero-order valence-corrected chi connectivity index (χ0v) is 13.6. The molecule has 0 aliphatic heterocycles. The van der Waals surface area contributed by atoms with Gasteiger partial charge in [0.05, 0.1) is 7.11 Å². The minimum absolute atomic E-state index is 0.0167. The van der Waals surface area contributed by atoms with Crippen LogP contribution in [-0.2, 0) is 16.0 Å². The molecule has 0 aliphatic carbocycles. The predicted molar refractivity (Wildman–Crippen MR) is 88.8 cm³/mol. The topological polar surface area (TPSA) is 64.6 Å². The van der Waals surface area contributed by atoms with Crippen LogP contribution in [0.25, 0.3) is 10.8 Å². The highest BCUT2D eigenvalue weighted by Crippen LogP contribution is 2.29. The average Bonchev–Trinajstić information content (AvgIpc) is 2.53. The summed E-state index contributed by atoms with van der Waals surface area (Å²) in [4.78, 5) is 22.6. The van der Waals surface area contributed by atoms with Crippen molar-refractivity contribution in [1.82, 2.24) is 5.32 Å². The lowest BCUT2D eigenvalue weighted by Crippen LogP contribution is -2.24. The average molecular weight is 315 g/mol. The molecule has 0 bridgehead atoms. The van der Waals surface area contributed by atoms with Crippen LogP contribution in [0, 0.1) is 0 Å². The number of fused-ring (bicyclic) bond motifs is 1. The SMILES string of the molecule is CCC(=O)NCCc1cc(OC(C)=O)cc2ccc(OC)cc12. The monoisotopic (exact) mass is 315 g/mol. The quantitative estimate of drug-likeness (QED) is 0.657. The van der Waals surface area contributed by atoms with Gasteiger partial charge < -0.3 is 14.8 Å². The van der Waals surface area contributed by atoms with E-state index in [2.05, 4.69) is 5.32 Å². The third-order valence-electron chi connectivity index (χ3n) is 3.52. The van der Waals surface area contributed by atoms with Crippen molar-refractivity contribution < 1.29 is 19.1 Å². The van der Waals surface area contributed by atoms with E-state index in [-0.39, 0.29) is 11.9 Å². The molecule has 0 atom stereocenters. The Balaban J connectivity index is 2.35. The van der Waals surface area contributed by atoms with Crippen molar-refractivity contribution in [2.75, 3.05) is 13.7 Å². The van der Waals surface area contributed by atoms with Gasteiger partial charge in [0.2, 0.25) is 5.91 Å². The Hall–Kier alpha value is -2.56. The number of carbonyl (C=O) groups is 2. The molecule has 0 aliphatic rings. The van der Waals surface area contributed by atoms with Crippen molar-refractivity contribution in [3.63, 3.8) is 0 Å². The fourth-order valence-electron chi connectivity index (χ4n) is 2.40. The van der Waals surface area contributed by atoms with Gasteiger partial charge in [-0.2, -0.15) is 0 Å². The smallest absolute Gasteiger partial charge is 0.308 e. The molecule has 122 valence electrons. The number of carbonyl (C=O) groups excluding carboxylic acids is 2. The molecule has 0 fully saturated rings. The Morgan fingerprint density at radius 2 is 1.91 bits per heavy atom. The minimum Gasteiger partial charge on any atom is -0.497 e. The summed E-state index contributed by atoms with van der Waals surface area (Å²) in [6, 6.07) is 9.40. The molecule has 5 heteroatoms. The molecule has 0 aromatic heterocycles. The van der Waals surface area contributed by atoms with Gasteiger partial charge >= 0.3 is 5.97 Å². The van der Waals surface area contributed by atoms with Gasteiger partial charge in [0, 0.05) is 19.9 Å². The lowest BCUT2D eigenvalue weighted by Gasteiger charge is -2.12. The maximum Gasteiger partial charge on any atom is 0.308 e. The Bertz CT molecular complexity index is 724. The van der Waals surface area contributed by atoms with E-state index in [1.807, 2.05) is 37.3 Å². The predicted octanol–water partition coefficient (Wildman–Crippen LogP) is 2.84. The summed E-state index contributed by atoms with van der Waals surface area (Å²) in [7, 11) is 1.62. The van der Waals surface area contributed by atoms with Crippen molar-refractivity contribution >= 4 is 22.6 Å². The molecule has 23 heavy (non-hydrogen) atoms. The summed E-state index contributed by atoms with van der Waals surface area (Å²) in [6.45, 7) is 3.72. The second kappa shape index (κ2) is 7.63. The molecular formula is C18H21NO4. The Labute approximate surface area is 135 Å². The fourth-order valence-corrected chi connectivity index (χ4v) is 2.40. The number of hydrogen-bond donors (Lipinski definition) is 1. The van der Waals surface area contributed by atoms with Gasteiger partial charge in [0.25, 0.3) is 0 Å². The van der Waals surface area contributed by atoms with E-state index in [0.717, 1.165) is 22.1 Å². The zero-order chi connectivity index (χ0) is 16.8. The van der Waals surface area contributed by atoms with E-state index in [1.165, 1.54) is 6.92 Å². The molecule has 0 heterocycles. The number of nitrogens with one attached hydrogen (secondary N) is 1. The Kier molecular flexibility index (Phi) is 5.57. The van der Waals surface area contributed by atoms with Crippen LogP contribution in [0.2, 0.25) is 0 Å². The van der Waals surface area contributed by atoms with Crippen LogP contribution in [0.5, 0.6) is 11.5 Å². The molecule has 1 amide bonds. The van der Waals surface area contributed by atoms with Crippen molar-refractivity contribution in [2.24, 2.45) is 0 Å². The number of esters is 1. The normalized spacial score (nSPS) is 10.4. The summed E-state index contributed by atoms with van der Waals surface area (Å²) >= 11 is 0. The van der Waals surface area contributed by atoms with E-state index in [0.29, 0.717) is 25.1 Å². The first-order valence-corrected chi connectivity index (χ1v) is 7.59. The summed E-state index contributed by atoms with van der Waals surface area (Å²) in [5.74, 6) is 0.926. The zero-order valence-electron chi connectivity index (χ0n) is 13.6. The molecule has 2 aromatic carbocycles. The summed E-state index contributed by atoms with van der Waals surface area (Å²) in [5.41, 5.74) is 0.994. The highest BCUT2D eigenvalue weighted by Gasteiger charge is 2.09. The van der Waals surface area contributed by atoms with Crippen LogP contribution in [0.3, 0.4) is 0 Å². The Morgan fingerprint density at radius 3 is 2.57 bits per heavy atom. The van der Waals surface area contributed by atoms with Gasteiger partial charge in [-0.15, -0.1) is 0 Å². The molecule has 0 unspecified atom stereocenters. The van der Waals surface area contributed by atoms with Gasteiger partial charge in [-0.3, -0.25) is 9.59 Å². The molecule has 0 radical (unpaired) electrons. The summed E-state index contributed by atoms with van der Waals surface area (Å²) < 4.78 is 10.5. The summed E-state index contributed by atoms with van der Waals surface area (Å²) in [5, 5.41) is 4.84. The lowest BCUT2D eigenvalue weighted by atomic mass is 10.0. The van der Waals surface area contributed by atoms with Gasteiger partial charge in [-0.05, 0) is 47.0 Å². The fraction of sp³-hybridized carbons (Fsp3) is 0.333. The molecule has 2 aromatic rings. The Morgan fingerprint density at radius 1 is 1.13 bits per heavy atom. The van der Waals surface area contributed by atoms with Gasteiger partial charge in [0.15, 0.2) is 0 Å². The van der Waals surface area contributed by atoms with E-state index in [9.17, 15) is 9.59 Å². The molecule has 0 spiro atoms. The number of ether oxygens (including phenoxy) is 2. The molecule has 0 saturated carbocycles. The first kappa shape index (κ1) is 16.8. The lowest BCUT2D eigenvalue weighted by molar-refractivity contribution is -0.131. The van der Waals surface area contributed by atoms with E-state index < -0.39 is 0 Å². The molecule has 0 saturated heterocycles. The largest absolute Gasteiger partial charge is 0.497 e. The van der Waals surface area contributed by atoms with Crippen LogP contribution in [0.4, 0.5) is 0 Å². The number of hydrogen-bond acceptors (Lipinski definition) is 4. The van der Waals surface area contributed by atoms with Gasteiger partial charge in [-0.25, -0.2) is 0 Å². The first-order valence-electron chi connectivity index (χ1n) is 7.59. The van der Waals surface area contributed by atoms with E-state index >= 15 is 0 Å². The van der Waals surface area contributed by atoms with Crippen LogP contribution < -0.4 is 14.8 Å².